The number of nitrogens with zero attached hydrogens (tertiary/aromatic N) is 2. The Morgan fingerprint density at radius 2 is 1.62 bits per heavy atom. The van der Waals surface area contributed by atoms with Crippen LogP contribution >= 0.6 is 0 Å². The number of rotatable bonds is 1. The molecule has 0 saturated heterocycles. The van der Waals surface area contributed by atoms with Crippen molar-refractivity contribution in [3.63, 3.8) is 0 Å². The van der Waals surface area contributed by atoms with E-state index >= 15 is 0 Å². The maximum absolute atomic E-state index is 2.00. The molecule has 8 heavy (non-hydrogen) atoms. The highest BCUT2D eigenvalue weighted by atomic mass is 19.0. The first-order chi connectivity index (χ1) is 3.13. The number of halogens is 1. The van der Waals surface area contributed by atoms with Gasteiger partial charge in [0.05, 0.1) is 28.2 Å². The van der Waals surface area contributed by atoms with Gasteiger partial charge in [-0.1, -0.05) is 0 Å². The van der Waals surface area contributed by atoms with E-state index in [0.29, 0.717) is 0 Å². The summed E-state index contributed by atoms with van der Waals surface area (Å²) in [5.41, 5.74) is 0. The summed E-state index contributed by atoms with van der Waals surface area (Å²) in [5.74, 6) is 0. The third-order valence-corrected chi connectivity index (χ3v) is 0.462. The van der Waals surface area contributed by atoms with Crippen LogP contribution in [0.3, 0.4) is 0 Å². The molecule has 0 atom stereocenters. The van der Waals surface area contributed by atoms with Crippen molar-refractivity contribution in [2.75, 3.05) is 28.2 Å². The molecule has 0 aliphatic rings. The van der Waals surface area contributed by atoms with Crippen molar-refractivity contribution in [2.24, 2.45) is 0 Å². The standard InChI is InChI=1S/C5H13N2.FH/c1-6(2)5-7(3)4;/h5H,1-4H3;1H/q+1;. The Kier molecular flexibility index (Phi) is 5.92. The lowest BCUT2D eigenvalue weighted by Gasteiger charge is -1.95. The highest BCUT2D eigenvalue weighted by Crippen LogP contribution is 1.59. The quantitative estimate of drug-likeness (QED) is 0.269. The van der Waals surface area contributed by atoms with E-state index in [1.165, 1.54) is 0 Å². The van der Waals surface area contributed by atoms with Gasteiger partial charge in [0.25, 0.3) is 0 Å². The van der Waals surface area contributed by atoms with Gasteiger partial charge >= 0.3 is 0 Å². The van der Waals surface area contributed by atoms with Gasteiger partial charge in [-0.3, -0.25) is 14.2 Å². The highest BCUT2D eigenvalue weighted by Gasteiger charge is 1.82. The van der Waals surface area contributed by atoms with Crippen molar-refractivity contribution in [3.8, 4) is 0 Å². The van der Waals surface area contributed by atoms with Crippen LogP contribution in [0.15, 0.2) is 0 Å². The van der Waals surface area contributed by atoms with Crippen LogP contribution in [0.1, 0.15) is 0 Å². The molecule has 50 valence electrons. The van der Waals surface area contributed by atoms with Crippen molar-refractivity contribution in [1.82, 2.24) is 4.90 Å². The molecule has 0 aliphatic carbocycles. The van der Waals surface area contributed by atoms with E-state index in [4.69, 9.17) is 0 Å². The first kappa shape index (κ1) is 10.4. The molecule has 0 spiro atoms. The molecule has 0 heterocycles. The molecule has 0 rings (SSSR count). The lowest BCUT2D eigenvalue weighted by molar-refractivity contribution is -0.464. The van der Waals surface area contributed by atoms with E-state index < -0.39 is 0 Å². The maximum Gasteiger partial charge on any atom is 0.233 e. The van der Waals surface area contributed by atoms with Gasteiger partial charge in [-0.15, -0.1) is 0 Å². The average Bonchev–Trinajstić information content (AvgIpc) is 1.27. The first-order valence-electron chi connectivity index (χ1n) is 2.31. The minimum absolute atomic E-state index is 0. The Labute approximate surface area is 49.8 Å². The summed E-state index contributed by atoms with van der Waals surface area (Å²) in [5, 5.41) is 0. The fraction of sp³-hybridized carbons (Fsp3) is 0.800. The Hall–Kier alpha value is -0.600. The summed E-state index contributed by atoms with van der Waals surface area (Å²) in [6.07, 6.45) is 2.00. The van der Waals surface area contributed by atoms with Gasteiger partial charge in [-0.05, 0) is 0 Å². The summed E-state index contributed by atoms with van der Waals surface area (Å²) in [6, 6.07) is 0. The van der Waals surface area contributed by atoms with Gasteiger partial charge in [-0.2, -0.15) is 0 Å². The van der Waals surface area contributed by atoms with Crippen LogP contribution < -0.4 is 0 Å². The van der Waals surface area contributed by atoms with E-state index in [1.807, 2.05) is 44.0 Å². The molecule has 0 bridgehead atoms. The van der Waals surface area contributed by atoms with Gasteiger partial charge in [0.1, 0.15) is 0 Å². The van der Waals surface area contributed by atoms with Crippen molar-refractivity contribution in [3.05, 3.63) is 0 Å². The zero-order valence-electron chi connectivity index (χ0n) is 5.88. The molecule has 0 saturated carbocycles. The van der Waals surface area contributed by atoms with Crippen molar-refractivity contribution in [2.45, 2.75) is 0 Å². The predicted molar refractivity (Wildman–Crippen MR) is 34.4 cm³/mol. The summed E-state index contributed by atoms with van der Waals surface area (Å²) in [7, 11) is 8.00. The maximum atomic E-state index is 2.00. The second-order valence-electron chi connectivity index (χ2n) is 2.04. The third-order valence-electron chi connectivity index (χ3n) is 0.462. The number of hydrogen-bond donors (Lipinski definition) is 0. The molecule has 0 aromatic heterocycles. The zero-order chi connectivity index (χ0) is 5.86. The molecule has 0 fully saturated rings. The van der Waals surface area contributed by atoms with Crippen LogP contribution in [0.4, 0.5) is 4.70 Å². The van der Waals surface area contributed by atoms with Gasteiger partial charge < -0.3 is 0 Å². The van der Waals surface area contributed by atoms with Gasteiger partial charge in [-0.25, -0.2) is 0 Å². The van der Waals surface area contributed by atoms with Gasteiger partial charge in [0.2, 0.25) is 6.34 Å². The second kappa shape index (κ2) is 4.56. The molecule has 2 nitrogen and oxygen atoms in total. The fourth-order valence-corrected chi connectivity index (χ4v) is 0.462. The van der Waals surface area contributed by atoms with Gasteiger partial charge in [0, 0.05) is 0 Å². The molecule has 0 radical (unpaired) electrons. The first-order valence-corrected chi connectivity index (χ1v) is 2.31. The fourth-order valence-electron chi connectivity index (χ4n) is 0.462. The molecule has 0 aromatic carbocycles. The second-order valence-corrected chi connectivity index (χ2v) is 2.04. The molecule has 0 N–H and O–H groups in total. The van der Waals surface area contributed by atoms with E-state index in [9.17, 15) is 0 Å². The Balaban J connectivity index is 0. The lowest BCUT2D eigenvalue weighted by Crippen LogP contribution is -2.15. The van der Waals surface area contributed by atoms with Crippen LogP contribution in [-0.4, -0.2) is 44.0 Å². The topological polar surface area (TPSA) is 6.25 Å². The van der Waals surface area contributed by atoms with Crippen molar-refractivity contribution < 1.29 is 9.28 Å². The Morgan fingerprint density at radius 1 is 1.25 bits per heavy atom. The van der Waals surface area contributed by atoms with Crippen molar-refractivity contribution in [1.29, 1.82) is 0 Å². The van der Waals surface area contributed by atoms with Crippen LogP contribution in [0.25, 0.3) is 0 Å². The van der Waals surface area contributed by atoms with E-state index in [2.05, 4.69) is 0 Å². The summed E-state index contributed by atoms with van der Waals surface area (Å²) in [4.78, 5) is 2.00. The average molecular weight is 121 g/mol. The molecule has 0 aromatic rings. The Bertz CT molecular complexity index is 74.5. The lowest BCUT2D eigenvalue weighted by atomic mass is 10.9. The summed E-state index contributed by atoms with van der Waals surface area (Å²) in [6.45, 7) is 0. The largest absolute Gasteiger partial charge is 0.274 e. The van der Waals surface area contributed by atoms with E-state index in [0.717, 1.165) is 0 Å². The molecular formula is C5H14FN2+. The molecular weight excluding hydrogens is 107 g/mol. The monoisotopic (exact) mass is 121 g/mol. The Morgan fingerprint density at radius 3 is 1.62 bits per heavy atom. The third kappa shape index (κ3) is 9.04. The minimum atomic E-state index is 0. The van der Waals surface area contributed by atoms with Gasteiger partial charge in [0.15, 0.2) is 0 Å². The van der Waals surface area contributed by atoms with Crippen LogP contribution in [0.5, 0.6) is 0 Å². The van der Waals surface area contributed by atoms with Crippen LogP contribution in [0.2, 0.25) is 0 Å². The zero-order valence-corrected chi connectivity index (χ0v) is 5.88. The molecule has 0 unspecified atom stereocenters. The summed E-state index contributed by atoms with van der Waals surface area (Å²) < 4.78 is 2.00. The van der Waals surface area contributed by atoms with Crippen LogP contribution in [-0.2, 0) is 0 Å². The minimum Gasteiger partial charge on any atom is -0.274 e. The summed E-state index contributed by atoms with van der Waals surface area (Å²) >= 11 is 0. The molecule has 0 aliphatic heterocycles. The number of hydrogen-bond acceptors (Lipinski definition) is 0. The van der Waals surface area contributed by atoms with Crippen molar-refractivity contribution >= 4 is 6.34 Å². The SMILES string of the molecule is CN(C)C=[N+](C)C.F. The smallest absolute Gasteiger partial charge is 0.233 e. The molecule has 3 heteroatoms. The van der Waals surface area contributed by atoms with E-state index in [-0.39, 0.29) is 4.70 Å². The predicted octanol–water partition coefficient (Wildman–Crippen LogP) is 0.000900. The molecule has 0 amide bonds. The van der Waals surface area contributed by atoms with Crippen LogP contribution in [0, 0.1) is 0 Å². The van der Waals surface area contributed by atoms with E-state index in [1.54, 1.807) is 0 Å². The normalized spacial score (nSPS) is 7.00. The highest BCUT2D eigenvalue weighted by molar-refractivity contribution is 5.47.